The highest BCUT2D eigenvalue weighted by molar-refractivity contribution is 7.92. The van der Waals surface area contributed by atoms with Crippen LogP contribution in [0.2, 0.25) is 5.02 Å². The molecule has 0 saturated carbocycles. The molecule has 2 aromatic carbocycles. The molecule has 176 valence electrons. The normalized spacial score (nSPS) is 14.8. The van der Waals surface area contributed by atoms with Crippen molar-refractivity contribution in [3.8, 4) is 0 Å². The Morgan fingerprint density at radius 1 is 1.27 bits per heavy atom. The average Bonchev–Trinajstić information content (AvgIpc) is 3.24. The van der Waals surface area contributed by atoms with E-state index < -0.39 is 26.6 Å². The summed E-state index contributed by atoms with van der Waals surface area (Å²) in [6.07, 6.45) is 0.182. The van der Waals surface area contributed by atoms with Crippen LogP contribution in [0.15, 0.2) is 46.1 Å². The molecule has 2 N–H and O–H groups in total. The Balaban J connectivity index is 1.50. The number of ether oxygens (including phenoxy) is 1. The highest BCUT2D eigenvalue weighted by atomic mass is 35.5. The number of hydrogen-bond acceptors (Lipinski definition) is 7. The maximum Gasteiger partial charge on any atom is 0.266 e. The van der Waals surface area contributed by atoms with Gasteiger partial charge in [-0.15, -0.1) is 11.3 Å². The number of nitrogens with one attached hydrogen (secondary N) is 2. The van der Waals surface area contributed by atoms with E-state index in [0.29, 0.717) is 12.1 Å². The summed E-state index contributed by atoms with van der Waals surface area (Å²) < 4.78 is 61.8. The molecular formula is C21H21ClF2N4O3S2. The van der Waals surface area contributed by atoms with Crippen molar-refractivity contribution in [2.45, 2.75) is 24.1 Å². The van der Waals surface area contributed by atoms with E-state index in [9.17, 15) is 17.2 Å². The second-order valence-corrected chi connectivity index (χ2v) is 10.3. The van der Waals surface area contributed by atoms with Crippen molar-refractivity contribution in [2.75, 3.05) is 30.2 Å². The highest BCUT2D eigenvalue weighted by Gasteiger charge is 2.27. The summed E-state index contributed by atoms with van der Waals surface area (Å²) in [5, 5.41) is 4.39. The monoisotopic (exact) mass is 514 g/mol. The molecular weight excluding hydrogens is 494 g/mol. The summed E-state index contributed by atoms with van der Waals surface area (Å²) in [4.78, 5) is 5.36. The van der Waals surface area contributed by atoms with E-state index in [1.807, 2.05) is 6.07 Å². The Hall–Kier alpha value is -2.31. The van der Waals surface area contributed by atoms with Gasteiger partial charge in [0.15, 0.2) is 5.82 Å². The number of aromatic nitrogens is 1. The number of nitrogens with zero attached hydrogens (tertiary/aromatic N) is 2. The molecule has 0 aliphatic carbocycles. The minimum absolute atomic E-state index is 0.0152. The van der Waals surface area contributed by atoms with Crippen LogP contribution in [0.25, 0.3) is 0 Å². The lowest BCUT2D eigenvalue weighted by Crippen LogP contribution is -2.51. The van der Waals surface area contributed by atoms with Gasteiger partial charge in [-0.2, -0.15) is 0 Å². The molecule has 1 aromatic heterocycles. The van der Waals surface area contributed by atoms with E-state index in [4.69, 9.17) is 16.3 Å². The van der Waals surface area contributed by atoms with Gasteiger partial charge < -0.3 is 10.1 Å². The van der Waals surface area contributed by atoms with Gasteiger partial charge in [0.25, 0.3) is 10.0 Å². The molecule has 2 heterocycles. The predicted octanol–water partition coefficient (Wildman–Crippen LogP) is 4.32. The molecule has 7 nitrogen and oxygen atoms in total. The summed E-state index contributed by atoms with van der Waals surface area (Å²) in [6, 6.07) is 6.83. The lowest BCUT2D eigenvalue weighted by atomic mass is 10.0. The first kappa shape index (κ1) is 23.8. The van der Waals surface area contributed by atoms with Crippen molar-refractivity contribution in [3.63, 3.8) is 0 Å². The molecule has 33 heavy (non-hydrogen) atoms. The van der Waals surface area contributed by atoms with Crippen LogP contribution in [0, 0.1) is 11.6 Å². The van der Waals surface area contributed by atoms with E-state index in [0.717, 1.165) is 30.8 Å². The van der Waals surface area contributed by atoms with Gasteiger partial charge in [-0.1, -0.05) is 23.7 Å². The van der Waals surface area contributed by atoms with E-state index in [1.165, 1.54) is 28.3 Å². The van der Waals surface area contributed by atoms with Gasteiger partial charge in [0.05, 0.1) is 22.3 Å². The Bertz CT molecular complexity index is 1240. The topological polar surface area (TPSA) is 83.6 Å². The summed E-state index contributed by atoms with van der Waals surface area (Å²) in [7, 11) is -2.56. The SMILES string of the molecule is COC1CN(Cc2cccc(F)c2CNc2cc(F)c(S(=O)(=O)Nc3cscn3)cc2Cl)C1. The molecule has 4 rings (SSSR count). The smallest absolute Gasteiger partial charge is 0.266 e. The Labute approximate surface area is 199 Å². The second-order valence-electron chi connectivity index (χ2n) is 7.52. The van der Waals surface area contributed by atoms with Crippen LogP contribution in [0.5, 0.6) is 0 Å². The Kier molecular flexibility index (Phi) is 7.15. The molecule has 0 radical (unpaired) electrons. The molecule has 0 atom stereocenters. The Morgan fingerprint density at radius 3 is 2.76 bits per heavy atom. The number of methoxy groups -OCH3 is 1. The number of hydrogen-bond donors (Lipinski definition) is 2. The summed E-state index contributed by atoms with van der Waals surface area (Å²) in [5.74, 6) is -1.31. The first-order valence-corrected chi connectivity index (χ1v) is 12.7. The molecule has 1 aliphatic heterocycles. The number of rotatable bonds is 9. The minimum Gasteiger partial charge on any atom is -0.380 e. The molecule has 1 fully saturated rings. The third kappa shape index (κ3) is 5.44. The number of thiazole rings is 1. The van der Waals surface area contributed by atoms with Crippen molar-refractivity contribution in [2.24, 2.45) is 0 Å². The maximum absolute atomic E-state index is 14.7. The third-order valence-corrected chi connectivity index (χ3v) is 7.57. The lowest BCUT2D eigenvalue weighted by Gasteiger charge is -2.38. The molecule has 12 heteroatoms. The van der Waals surface area contributed by atoms with Crippen molar-refractivity contribution in [3.05, 3.63) is 69.0 Å². The third-order valence-electron chi connectivity index (χ3n) is 5.30. The van der Waals surface area contributed by atoms with Crippen LogP contribution >= 0.6 is 22.9 Å². The fraction of sp³-hybridized carbons (Fsp3) is 0.286. The van der Waals surface area contributed by atoms with Crippen LogP contribution in [0.4, 0.5) is 20.3 Å². The first-order chi connectivity index (χ1) is 15.8. The van der Waals surface area contributed by atoms with Crippen LogP contribution in [-0.2, 0) is 27.8 Å². The maximum atomic E-state index is 14.7. The van der Waals surface area contributed by atoms with Gasteiger partial charge in [0.1, 0.15) is 16.5 Å². The zero-order chi connectivity index (χ0) is 23.6. The number of halogens is 3. The Morgan fingerprint density at radius 2 is 2.06 bits per heavy atom. The minimum atomic E-state index is -4.22. The largest absolute Gasteiger partial charge is 0.380 e. The van der Waals surface area contributed by atoms with Crippen LogP contribution in [0.3, 0.4) is 0 Å². The zero-order valence-electron chi connectivity index (χ0n) is 17.5. The fourth-order valence-electron chi connectivity index (χ4n) is 3.50. The van der Waals surface area contributed by atoms with Crippen LogP contribution < -0.4 is 10.0 Å². The van der Waals surface area contributed by atoms with E-state index in [-0.39, 0.29) is 29.2 Å². The summed E-state index contributed by atoms with van der Waals surface area (Å²) in [5.41, 5.74) is 2.82. The zero-order valence-corrected chi connectivity index (χ0v) is 19.9. The quantitative estimate of drug-likeness (QED) is 0.442. The molecule has 0 amide bonds. The number of benzene rings is 2. The lowest BCUT2D eigenvalue weighted by molar-refractivity contribution is -0.0335. The number of anilines is 2. The number of sulfonamides is 1. The van der Waals surface area contributed by atoms with Crippen LogP contribution in [0.1, 0.15) is 11.1 Å². The summed E-state index contributed by atoms with van der Waals surface area (Å²) >= 11 is 7.43. The van der Waals surface area contributed by atoms with Gasteiger partial charge in [0.2, 0.25) is 0 Å². The number of likely N-dealkylation sites (tertiary alicyclic amines) is 1. The summed E-state index contributed by atoms with van der Waals surface area (Å²) in [6.45, 7) is 2.13. The van der Waals surface area contributed by atoms with Gasteiger partial charge in [-0.25, -0.2) is 22.2 Å². The van der Waals surface area contributed by atoms with E-state index in [1.54, 1.807) is 13.2 Å². The van der Waals surface area contributed by atoms with Gasteiger partial charge >= 0.3 is 0 Å². The van der Waals surface area contributed by atoms with Gasteiger partial charge in [0, 0.05) is 44.2 Å². The molecule has 0 bridgehead atoms. The molecule has 0 unspecified atom stereocenters. The van der Waals surface area contributed by atoms with Gasteiger partial charge in [-0.3, -0.25) is 9.62 Å². The van der Waals surface area contributed by atoms with Crippen molar-refractivity contribution < 1.29 is 21.9 Å². The van der Waals surface area contributed by atoms with Crippen molar-refractivity contribution in [1.82, 2.24) is 9.88 Å². The predicted molar refractivity (Wildman–Crippen MR) is 124 cm³/mol. The fourth-order valence-corrected chi connectivity index (χ4v) is 5.44. The second kappa shape index (κ2) is 9.90. The average molecular weight is 515 g/mol. The van der Waals surface area contributed by atoms with Crippen molar-refractivity contribution in [1.29, 1.82) is 0 Å². The molecule has 0 spiro atoms. The molecule has 1 saturated heterocycles. The van der Waals surface area contributed by atoms with E-state index in [2.05, 4.69) is 19.9 Å². The molecule has 3 aromatic rings. The highest BCUT2D eigenvalue weighted by Crippen LogP contribution is 2.30. The standard InChI is InChI=1S/C21H21ClF2N4O3S2/c1-31-14-9-28(10-14)8-13-3-2-4-17(23)15(13)7-25-19-6-18(24)20(5-16(19)22)33(29,30)27-21-11-32-12-26-21/h2-6,11-12,14,25,27H,7-10H2,1H3. The van der Waals surface area contributed by atoms with Crippen molar-refractivity contribution >= 4 is 44.5 Å². The van der Waals surface area contributed by atoms with E-state index >= 15 is 0 Å². The van der Waals surface area contributed by atoms with Crippen LogP contribution in [-0.4, -0.2) is 44.6 Å². The first-order valence-electron chi connectivity index (χ1n) is 9.92. The molecule has 1 aliphatic rings. The van der Waals surface area contributed by atoms with Gasteiger partial charge in [-0.05, 0) is 23.8 Å².